The van der Waals surface area contributed by atoms with Crippen LogP contribution in [0.15, 0.2) is 30.3 Å². The van der Waals surface area contributed by atoms with Crippen molar-refractivity contribution >= 4 is 11.9 Å². The third kappa shape index (κ3) is 5.38. The van der Waals surface area contributed by atoms with Crippen LogP contribution in [0.4, 0.5) is 0 Å². The monoisotopic (exact) mass is 317 g/mol. The molecule has 2 N–H and O–H groups in total. The van der Waals surface area contributed by atoms with Gasteiger partial charge in [-0.15, -0.1) is 0 Å². The maximum Gasteiger partial charge on any atom is 0.326 e. The number of carbonyl (C=O) groups is 2. The van der Waals surface area contributed by atoms with Gasteiger partial charge in [-0.05, 0) is 37.2 Å². The highest BCUT2D eigenvalue weighted by atomic mass is 16.4. The number of carboxylic acid groups (broad SMARTS) is 1. The molecule has 1 aliphatic rings. The van der Waals surface area contributed by atoms with E-state index in [2.05, 4.69) is 12.2 Å². The Balaban J connectivity index is 1.87. The summed E-state index contributed by atoms with van der Waals surface area (Å²) in [7, 11) is 0. The van der Waals surface area contributed by atoms with Crippen LogP contribution in [0.5, 0.6) is 0 Å². The zero-order valence-electron chi connectivity index (χ0n) is 13.8. The molecule has 0 aromatic heterocycles. The van der Waals surface area contributed by atoms with Gasteiger partial charge >= 0.3 is 5.97 Å². The van der Waals surface area contributed by atoms with Crippen molar-refractivity contribution in [2.75, 3.05) is 0 Å². The average Bonchev–Trinajstić information content (AvgIpc) is 2.56. The first-order valence-corrected chi connectivity index (χ1v) is 8.67. The van der Waals surface area contributed by atoms with Crippen LogP contribution >= 0.6 is 0 Å². The summed E-state index contributed by atoms with van der Waals surface area (Å²) in [6, 6.07) is 8.58. The third-order valence-corrected chi connectivity index (χ3v) is 4.81. The molecule has 0 unspecified atom stereocenters. The summed E-state index contributed by atoms with van der Waals surface area (Å²) in [6.07, 6.45) is 6.69. The zero-order valence-corrected chi connectivity index (χ0v) is 13.8. The summed E-state index contributed by atoms with van der Waals surface area (Å²) in [5, 5.41) is 12.1. The highest BCUT2D eigenvalue weighted by Crippen LogP contribution is 2.31. The molecule has 1 atom stereocenters. The molecule has 23 heavy (non-hydrogen) atoms. The molecule has 1 amide bonds. The molecule has 1 aliphatic carbocycles. The van der Waals surface area contributed by atoms with Crippen molar-refractivity contribution in [2.24, 2.45) is 11.8 Å². The maximum absolute atomic E-state index is 12.4. The predicted octanol–water partition coefficient (Wildman–Crippen LogP) is 3.41. The van der Waals surface area contributed by atoms with E-state index < -0.39 is 12.0 Å². The molecule has 0 radical (unpaired) electrons. The Morgan fingerprint density at radius 3 is 2.39 bits per heavy atom. The first-order chi connectivity index (χ1) is 11.1. The second-order valence-electron chi connectivity index (χ2n) is 6.60. The van der Waals surface area contributed by atoms with Crippen LogP contribution < -0.4 is 5.32 Å². The fourth-order valence-electron chi connectivity index (χ4n) is 3.46. The largest absolute Gasteiger partial charge is 0.480 e. The zero-order chi connectivity index (χ0) is 16.7. The first kappa shape index (κ1) is 17.5. The van der Waals surface area contributed by atoms with E-state index in [0.717, 1.165) is 37.2 Å². The number of aliphatic carboxylic acids is 1. The molecule has 1 aromatic carbocycles. The smallest absolute Gasteiger partial charge is 0.326 e. The second-order valence-corrected chi connectivity index (χ2v) is 6.60. The van der Waals surface area contributed by atoms with Gasteiger partial charge < -0.3 is 10.4 Å². The molecule has 0 spiro atoms. The van der Waals surface area contributed by atoms with Gasteiger partial charge in [0.15, 0.2) is 0 Å². The van der Waals surface area contributed by atoms with Crippen molar-refractivity contribution in [1.29, 1.82) is 0 Å². The predicted molar refractivity (Wildman–Crippen MR) is 90.1 cm³/mol. The van der Waals surface area contributed by atoms with Crippen molar-refractivity contribution in [3.63, 3.8) is 0 Å². The Bertz CT molecular complexity index is 507. The number of amides is 1. The molecule has 0 aliphatic heterocycles. The summed E-state index contributed by atoms with van der Waals surface area (Å²) in [4.78, 5) is 23.8. The van der Waals surface area contributed by atoms with Gasteiger partial charge in [0.05, 0.1) is 0 Å². The van der Waals surface area contributed by atoms with Crippen molar-refractivity contribution < 1.29 is 14.7 Å². The molecule has 1 saturated carbocycles. The number of hydrogen-bond acceptors (Lipinski definition) is 2. The molecule has 1 fully saturated rings. The van der Waals surface area contributed by atoms with Gasteiger partial charge in [-0.3, -0.25) is 4.79 Å². The average molecular weight is 317 g/mol. The maximum atomic E-state index is 12.4. The topological polar surface area (TPSA) is 66.4 Å². The van der Waals surface area contributed by atoms with Crippen molar-refractivity contribution in [1.82, 2.24) is 5.32 Å². The molecule has 0 saturated heterocycles. The molecular weight excluding hydrogens is 290 g/mol. The highest BCUT2D eigenvalue weighted by molar-refractivity contribution is 5.85. The van der Waals surface area contributed by atoms with Gasteiger partial charge in [0.2, 0.25) is 5.91 Å². The molecule has 1 aromatic rings. The summed E-state index contributed by atoms with van der Waals surface area (Å²) in [5.41, 5.74) is 0.923. The number of carboxylic acids is 1. The Morgan fingerprint density at radius 1 is 1.17 bits per heavy atom. The van der Waals surface area contributed by atoms with Crippen molar-refractivity contribution in [3.8, 4) is 0 Å². The van der Waals surface area contributed by atoms with Crippen LogP contribution in [0, 0.1) is 11.8 Å². The molecule has 2 rings (SSSR count). The van der Waals surface area contributed by atoms with Crippen LogP contribution in [-0.4, -0.2) is 23.0 Å². The second kappa shape index (κ2) is 8.70. The van der Waals surface area contributed by atoms with E-state index in [9.17, 15) is 14.7 Å². The molecule has 0 bridgehead atoms. The van der Waals surface area contributed by atoms with Crippen LogP contribution in [0.3, 0.4) is 0 Å². The van der Waals surface area contributed by atoms with Gasteiger partial charge in [0.1, 0.15) is 6.04 Å². The van der Waals surface area contributed by atoms with Gasteiger partial charge in [-0.2, -0.15) is 0 Å². The van der Waals surface area contributed by atoms with Crippen LogP contribution in [0.25, 0.3) is 0 Å². The standard InChI is InChI=1S/C19H27NO3/c1-2-6-14-9-11-16(12-10-14)18(21)20-17(19(22)23)13-15-7-4-3-5-8-15/h3-5,7-8,14,16-17H,2,6,9-13H2,1H3,(H,20,21)(H,22,23)/t14-,16-,17-/m1/s1. The molecule has 4 nitrogen and oxygen atoms in total. The summed E-state index contributed by atoms with van der Waals surface area (Å²) < 4.78 is 0. The Morgan fingerprint density at radius 2 is 1.83 bits per heavy atom. The van der Waals surface area contributed by atoms with Gasteiger partial charge in [0.25, 0.3) is 0 Å². The fraction of sp³-hybridized carbons (Fsp3) is 0.579. The van der Waals surface area contributed by atoms with Crippen LogP contribution in [-0.2, 0) is 16.0 Å². The normalized spacial score (nSPS) is 22.3. The third-order valence-electron chi connectivity index (χ3n) is 4.81. The lowest BCUT2D eigenvalue weighted by Crippen LogP contribution is -2.45. The molecule has 4 heteroatoms. The molecular formula is C19H27NO3. The number of nitrogens with one attached hydrogen (secondary N) is 1. The lowest BCUT2D eigenvalue weighted by Gasteiger charge is -2.28. The summed E-state index contributed by atoms with van der Waals surface area (Å²) in [5.74, 6) is -0.352. The van der Waals surface area contributed by atoms with E-state index >= 15 is 0 Å². The van der Waals surface area contributed by atoms with E-state index in [-0.39, 0.29) is 11.8 Å². The lowest BCUT2D eigenvalue weighted by molar-refractivity contribution is -0.142. The van der Waals surface area contributed by atoms with E-state index in [1.54, 1.807) is 0 Å². The number of rotatable bonds is 7. The number of benzene rings is 1. The van der Waals surface area contributed by atoms with Crippen LogP contribution in [0.1, 0.15) is 51.0 Å². The number of carbonyl (C=O) groups excluding carboxylic acids is 1. The van der Waals surface area contributed by atoms with Crippen LogP contribution in [0.2, 0.25) is 0 Å². The van der Waals surface area contributed by atoms with E-state index in [1.165, 1.54) is 12.8 Å². The molecule has 0 heterocycles. The summed E-state index contributed by atoms with van der Waals surface area (Å²) >= 11 is 0. The lowest BCUT2D eigenvalue weighted by atomic mass is 9.79. The Kier molecular flexibility index (Phi) is 6.63. The minimum absolute atomic E-state index is 0.0271. The van der Waals surface area contributed by atoms with Crippen molar-refractivity contribution in [2.45, 2.75) is 57.9 Å². The van der Waals surface area contributed by atoms with E-state index in [4.69, 9.17) is 0 Å². The highest BCUT2D eigenvalue weighted by Gasteiger charge is 2.29. The van der Waals surface area contributed by atoms with Gasteiger partial charge in [-0.25, -0.2) is 4.79 Å². The fourth-order valence-corrected chi connectivity index (χ4v) is 3.46. The first-order valence-electron chi connectivity index (χ1n) is 8.67. The Labute approximate surface area is 138 Å². The Hall–Kier alpha value is -1.84. The van der Waals surface area contributed by atoms with E-state index in [1.807, 2.05) is 30.3 Å². The summed E-state index contributed by atoms with van der Waals surface area (Å²) in [6.45, 7) is 2.19. The van der Waals surface area contributed by atoms with Crippen molar-refractivity contribution in [3.05, 3.63) is 35.9 Å². The minimum Gasteiger partial charge on any atom is -0.480 e. The number of hydrogen-bond donors (Lipinski definition) is 2. The SMILES string of the molecule is CCC[C@H]1CC[C@H](C(=O)N[C@H](Cc2ccccc2)C(=O)O)CC1. The van der Waals surface area contributed by atoms with Gasteiger partial charge in [0, 0.05) is 12.3 Å². The van der Waals surface area contributed by atoms with Gasteiger partial charge in [-0.1, -0.05) is 50.1 Å². The minimum atomic E-state index is -0.970. The molecule has 126 valence electrons. The van der Waals surface area contributed by atoms with E-state index in [0.29, 0.717) is 6.42 Å². The quantitative estimate of drug-likeness (QED) is 0.810.